The summed E-state index contributed by atoms with van der Waals surface area (Å²) in [7, 11) is 0. The number of amides is 1. The third-order valence-corrected chi connectivity index (χ3v) is 5.72. The number of nitrogens with zero attached hydrogens (tertiary/aromatic N) is 4. The van der Waals surface area contributed by atoms with E-state index in [2.05, 4.69) is 38.9 Å². The first-order valence-corrected chi connectivity index (χ1v) is 10.9. The minimum atomic E-state index is -0.279. The Hall–Kier alpha value is -2.54. The molecule has 1 N–H and O–H groups in total. The van der Waals surface area contributed by atoms with E-state index in [0.29, 0.717) is 19.0 Å². The second-order valence-electron chi connectivity index (χ2n) is 7.74. The lowest BCUT2D eigenvalue weighted by Crippen LogP contribution is -2.44. The minimum Gasteiger partial charge on any atom is -0.356 e. The summed E-state index contributed by atoms with van der Waals surface area (Å²) in [5, 5.41) is 3.10. The fraction of sp³-hybridized carbons (Fsp3) is 0.522. The van der Waals surface area contributed by atoms with E-state index in [-0.39, 0.29) is 17.6 Å². The van der Waals surface area contributed by atoms with Crippen molar-refractivity contribution in [1.82, 2.24) is 20.2 Å². The van der Waals surface area contributed by atoms with Gasteiger partial charge < -0.3 is 15.1 Å². The number of hydrogen-bond acceptors (Lipinski definition) is 5. The van der Waals surface area contributed by atoms with Crippen LogP contribution in [0.25, 0.3) is 11.1 Å². The van der Waals surface area contributed by atoms with Crippen LogP contribution in [-0.2, 0) is 4.79 Å². The van der Waals surface area contributed by atoms with Crippen LogP contribution in [0.5, 0.6) is 0 Å². The molecule has 0 saturated carbocycles. The summed E-state index contributed by atoms with van der Waals surface area (Å²) < 4.78 is 13.4. The second-order valence-corrected chi connectivity index (χ2v) is 7.74. The van der Waals surface area contributed by atoms with Crippen molar-refractivity contribution < 1.29 is 9.18 Å². The summed E-state index contributed by atoms with van der Waals surface area (Å²) in [5.74, 6) is 0.419. The van der Waals surface area contributed by atoms with E-state index in [9.17, 15) is 9.18 Å². The first kappa shape index (κ1) is 22.2. The van der Waals surface area contributed by atoms with Crippen LogP contribution in [-0.4, -0.2) is 60.0 Å². The summed E-state index contributed by atoms with van der Waals surface area (Å²) >= 11 is 0. The zero-order valence-corrected chi connectivity index (χ0v) is 18.0. The molecule has 0 aliphatic carbocycles. The van der Waals surface area contributed by atoms with Crippen molar-refractivity contribution >= 4 is 11.9 Å². The number of carbonyl (C=O) groups is 1. The highest BCUT2D eigenvalue weighted by molar-refractivity contribution is 5.79. The van der Waals surface area contributed by atoms with Gasteiger partial charge in [-0.2, -0.15) is 0 Å². The molecule has 1 aromatic heterocycles. The summed E-state index contributed by atoms with van der Waals surface area (Å²) in [4.78, 5) is 26.0. The molecule has 2 aromatic rings. The van der Waals surface area contributed by atoms with Crippen LogP contribution in [0.3, 0.4) is 0 Å². The second kappa shape index (κ2) is 11.0. The van der Waals surface area contributed by atoms with Crippen molar-refractivity contribution in [3.8, 4) is 11.1 Å². The molecule has 0 bridgehead atoms. The van der Waals surface area contributed by atoms with E-state index in [0.717, 1.165) is 56.6 Å². The Balaban J connectivity index is 1.52. The molecule has 1 amide bonds. The van der Waals surface area contributed by atoms with E-state index < -0.39 is 0 Å². The molecule has 1 unspecified atom stereocenters. The zero-order chi connectivity index (χ0) is 21.3. The number of carbonyl (C=O) groups excluding carboxylic acids is 1. The number of hydrogen-bond donors (Lipinski definition) is 1. The Morgan fingerprint density at radius 2 is 2.00 bits per heavy atom. The summed E-state index contributed by atoms with van der Waals surface area (Å²) in [5.41, 5.74) is 1.53. The number of halogens is 1. The van der Waals surface area contributed by atoms with Crippen molar-refractivity contribution in [3.63, 3.8) is 0 Å². The monoisotopic (exact) mass is 413 g/mol. The van der Waals surface area contributed by atoms with Gasteiger partial charge in [-0.3, -0.25) is 4.79 Å². The van der Waals surface area contributed by atoms with Crippen molar-refractivity contribution in [2.45, 2.75) is 33.1 Å². The van der Waals surface area contributed by atoms with Crippen LogP contribution in [0.4, 0.5) is 10.3 Å². The third kappa shape index (κ3) is 5.98. The maximum absolute atomic E-state index is 13.4. The van der Waals surface area contributed by atoms with Crippen LogP contribution in [0.15, 0.2) is 36.7 Å². The summed E-state index contributed by atoms with van der Waals surface area (Å²) in [6, 6.07) is 6.40. The molecule has 1 aliphatic rings. The lowest BCUT2D eigenvalue weighted by atomic mass is 9.97. The number of aromatic nitrogens is 2. The Morgan fingerprint density at radius 1 is 1.23 bits per heavy atom. The number of anilines is 1. The smallest absolute Gasteiger partial charge is 0.225 e. The fourth-order valence-electron chi connectivity index (χ4n) is 3.87. The highest BCUT2D eigenvalue weighted by Gasteiger charge is 2.27. The molecule has 30 heavy (non-hydrogen) atoms. The van der Waals surface area contributed by atoms with Gasteiger partial charge in [-0.15, -0.1) is 0 Å². The molecule has 2 heterocycles. The number of nitrogens with one attached hydrogen (secondary N) is 1. The zero-order valence-electron chi connectivity index (χ0n) is 18.0. The van der Waals surface area contributed by atoms with Crippen molar-refractivity contribution in [2.75, 3.05) is 44.2 Å². The van der Waals surface area contributed by atoms with E-state index in [1.54, 1.807) is 18.5 Å². The first-order chi connectivity index (χ1) is 14.6. The van der Waals surface area contributed by atoms with Gasteiger partial charge >= 0.3 is 0 Å². The standard InChI is InChI=1S/C23H32FN5O/c1-3-28(4-2)12-7-11-25-22(30)19-9-6-13-29(17-19)23-26-15-20(16-27-23)18-8-5-10-21(24)14-18/h5,8,10,14-16,19H,3-4,6-7,9,11-13,17H2,1-2H3,(H,25,30). The molecule has 6 nitrogen and oxygen atoms in total. The van der Waals surface area contributed by atoms with E-state index in [1.165, 1.54) is 12.1 Å². The summed E-state index contributed by atoms with van der Waals surface area (Å²) in [6.45, 7) is 9.59. The van der Waals surface area contributed by atoms with Gasteiger partial charge in [-0.25, -0.2) is 14.4 Å². The van der Waals surface area contributed by atoms with Gasteiger partial charge in [0.05, 0.1) is 5.92 Å². The quantitative estimate of drug-likeness (QED) is 0.639. The lowest BCUT2D eigenvalue weighted by molar-refractivity contribution is -0.125. The van der Waals surface area contributed by atoms with Crippen LogP contribution < -0.4 is 10.2 Å². The molecule has 3 rings (SSSR count). The molecule has 0 spiro atoms. The molecule has 1 atom stereocenters. The van der Waals surface area contributed by atoms with Gasteiger partial charge in [0.2, 0.25) is 11.9 Å². The molecular weight excluding hydrogens is 381 g/mol. The van der Waals surface area contributed by atoms with Crippen LogP contribution in [0.1, 0.15) is 33.1 Å². The Labute approximate surface area is 178 Å². The maximum Gasteiger partial charge on any atom is 0.225 e. The van der Waals surface area contributed by atoms with E-state index in [4.69, 9.17) is 0 Å². The van der Waals surface area contributed by atoms with Gasteiger partial charge in [0, 0.05) is 37.6 Å². The van der Waals surface area contributed by atoms with Crippen molar-refractivity contribution in [3.05, 3.63) is 42.5 Å². The maximum atomic E-state index is 13.4. The van der Waals surface area contributed by atoms with Gasteiger partial charge in [-0.05, 0) is 56.6 Å². The number of benzene rings is 1. The average Bonchev–Trinajstić information content (AvgIpc) is 2.79. The van der Waals surface area contributed by atoms with Gasteiger partial charge in [0.25, 0.3) is 0 Å². The Kier molecular flexibility index (Phi) is 8.13. The normalized spacial score (nSPS) is 16.7. The first-order valence-electron chi connectivity index (χ1n) is 10.9. The minimum absolute atomic E-state index is 0.0429. The fourth-order valence-corrected chi connectivity index (χ4v) is 3.87. The molecular formula is C23H32FN5O. The topological polar surface area (TPSA) is 61.4 Å². The molecule has 1 fully saturated rings. The highest BCUT2D eigenvalue weighted by atomic mass is 19.1. The Morgan fingerprint density at radius 3 is 2.70 bits per heavy atom. The highest BCUT2D eigenvalue weighted by Crippen LogP contribution is 2.23. The van der Waals surface area contributed by atoms with Crippen LogP contribution in [0, 0.1) is 11.7 Å². The molecule has 0 radical (unpaired) electrons. The van der Waals surface area contributed by atoms with Crippen molar-refractivity contribution in [1.29, 1.82) is 0 Å². The van der Waals surface area contributed by atoms with Gasteiger partial charge in [0.15, 0.2) is 0 Å². The molecule has 7 heteroatoms. The van der Waals surface area contributed by atoms with Crippen LogP contribution in [0.2, 0.25) is 0 Å². The van der Waals surface area contributed by atoms with Crippen molar-refractivity contribution in [2.24, 2.45) is 5.92 Å². The third-order valence-electron chi connectivity index (χ3n) is 5.72. The molecule has 1 aliphatic heterocycles. The number of piperidine rings is 1. The average molecular weight is 414 g/mol. The molecule has 162 valence electrons. The largest absolute Gasteiger partial charge is 0.356 e. The molecule has 1 saturated heterocycles. The lowest BCUT2D eigenvalue weighted by Gasteiger charge is -2.32. The molecule has 1 aromatic carbocycles. The SMILES string of the molecule is CCN(CC)CCCNC(=O)C1CCCN(c2ncc(-c3cccc(F)c3)cn2)C1. The van der Waals surface area contributed by atoms with Crippen LogP contribution >= 0.6 is 0 Å². The summed E-state index contributed by atoms with van der Waals surface area (Å²) in [6.07, 6.45) is 6.23. The van der Waals surface area contributed by atoms with E-state index in [1.807, 2.05) is 6.07 Å². The predicted molar refractivity (Wildman–Crippen MR) is 118 cm³/mol. The predicted octanol–water partition coefficient (Wildman–Crippen LogP) is 3.35. The number of rotatable bonds is 9. The van der Waals surface area contributed by atoms with Gasteiger partial charge in [0.1, 0.15) is 5.82 Å². The Bertz CT molecular complexity index is 809. The van der Waals surface area contributed by atoms with Gasteiger partial charge in [-0.1, -0.05) is 26.0 Å². The van der Waals surface area contributed by atoms with E-state index >= 15 is 0 Å².